The Hall–Kier alpha value is -3.15. The van der Waals surface area contributed by atoms with Crippen LogP contribution in [0.3, 0.4) is 0 Å². The lowest BCUT2D eigenvalue weighted by atomic mass is 9.89. The number of carbonyl (C=O) groups is 1. The Kier molecular flexibility index (Phi) is 6.07. The Morgan fingerprint density at radius 1 is 1.00 bits per heavy atom. The van der Waals surface area contributed by atoms with Crippen LogP contribution < -0.4 is 15.0 Å². The van der Waals surface area contributed by atoms with Gasteiger partial charge in [-0.15, -0.1) is 0 Å². The van der Waals surface area contributed by atoms with Crippen molar-refractivity contribution >= 4 is 46.1 Å². The van der Waals surface area contributed by atoms with Crippen LogP contribution in [0.2, 0.25) is 5.02 Å². The Morgan fingerprint density at radius 3 is 2.23 bits per heavy atom. The predicted molar refractivity (Wildman–Crippen MR) is 129 cm³/mol. The molecule has 0 unspecified atom stereocenters. The maximum atomic E-state index is 13.0. The van der Waals surface area contributed by atoms with Crippen molar-refractivity contribution in [2.45, 2.75) is 13.0 Å². The number of methoxy groups -OCH3 is 1. The van der Waals surface area contributed by atoms with Gasteiger partial charge in [-0.05, 0) is 66.7 Å². The Balaban J connectivity index is 1.96. The highest BCUT2D eigenvalue weighted by atomic mass is 35.5. The van der Waals surface area contributed by atoms with E-state index in [9.17, 15) is 4.79 Å². The maximum absolute atomic E-state index is 13.0. The van der Waals surface area contributed by atoms with Gasteiger partial charge in [0.2, 0.25) is 0 Å². The van der Waals surface area contributed by atoms with E-state index in [4.69, 9.17) is 28.6 Å². The van der Waals surface area contributed by atoms with E-state index < -0.39 is 0 Å². The molecule has 1 aliphatic rings. The number of nitrogens with one attached hydrogen (secondary N) is 1. The normalized spacial score (nSPS) is 16.2. The standard InChI is InChI=1S/C25H21ClN2O2S/c1-16(29)22-23(17-10-14-21(30-2)15-11-17)27-25(31)28(20-6-4-3-5-7-20)24(22)18-8-12-19(26)13-9-18/h3-15,23H,1-2H3,(H,27,31)/t23-/m0/s1. The second-order valence-corrected chi connectivity index (χ2v) is 7.98. The van der Waals surface area contributed by atoms with Gasteiger partial charge in [-0.1, -0.05) is 54.1 Å². The number of thiocarbonyl (C=S) groups is 1. The fourth-order valence-corrected chi connectivity index (χ4v) is 4.19. The van der Waals surface area contributed by atoms with Crippen molar-refractivity contribution in [3.63, 3.8) is 0 Å². The summed E-state index contributed by atoms with van der Waals surface area (Å²) in [6, 6.07) is 24.5. The Labute approximate surface area is 192 Å². The third-order valence-electron chi connectivity index (χ3n) is 5.20. The molecule has 4 nitrogen and oxygen atoms in total. The monoisotopic (exact) mass is 448 g/mol. The Morgan fingerprint density at radius 2 is 1.65 bits per heavy atom. The molecule has 0 radical (unpaired) electrons. The molecule has 1 heterocycles. The smallest absolute Gasteiger partial charge is 0.178 e. The third kappa shape index (κ3) is 4.20. The van der Waals surface area contributed by atoms with Crippen LogP contribution in [0.25, 0.3) is 5.70 Å². The molecule has 156 valence electrons. The van der Waals surface area contributed by atoms with E-state index in [1.165, 1.54) is 0 Å². The van der Waals surface area contributed by atoms with Gasteiger partial charge >= 0.3 is 0 Å². The molecule has 3 aromatic carbocycles. The summed E-state index contributed by atoms with van der Waals surface area (Å²) in [6.45, 7) is 1.58. The summed E-state index contributed by atoms with van der Waals surface area (Å²) in [6.07, 6.45) is 0. The number of benzene rings is 3. The van der Waals surface area contributed by atoms with Crippen molar-refractivity contribution < 1.29 is 9.53 Å². The quantitative estimate of drug-likeness (QED) is 0.501. The van der Waals surface area contributed by atoms with Crippen LogP contribution in [0.5, 0.6) is 5.75 Å². The summed E-state index contributed by atoms with van der Waals surface area (Å²) in [7, 11) is 1.63. The molecule has 0 saturated carbocycles. The van der Waals surface area contributed by atoms with Gasteiger partial charge in [-0.3, -0.25) is 9.69 Å². The molecule has 4 rings (SSSR count). The van der Waals surface area contributed by atoms with Gasteiger partial charge in [0.1, 0.15) is 5.75 Å². The van der Waals surface area contributed by atoms with Gasteiger partial charge in [0.05, 0.1) is 18.8 Å². The molecule has 31 heavy (non-hydrogen) atoms. The fourth-order valence-electron chi connectivity index (χ4n) is 3.75. The predicted octanol–water partition coefficient (Wildman–Crippen LogP) is 5.78. The average Bonchev–Trinajstić information content (AvgIpc) is 2.79. The van der Waals surface area contributed by atoms with Gasteiger partial charge in [-0.2, -0.15) is 0 Å². The molecular weight excluding hydrogens is 428 g/mol. The fraction of sp³-hybridized carbons (Fsp3) is 0.120. The van der Waals surface area contributed by atoms with Crippen molar-refractivity contribution in [3.05, 3.63) is 101 Å². The number of Topliss-reactive ketones (excluding diaryl/α,β-unsaturated/α-hetero) is 1. The summed E-state index contributed by atoms with van der Waals surface area (Å²) >= 11 is 11.9. The number of ether oxygens (including phenoxy) is 1. The van der Waals surface area contributed by atoms with Crippen LogP contribution >= 0.6 is 23.8 Å². The lowest BCUT2D eigenvalue weighted by Crippen LogP contribution is -2.47. The van der Waals surface area contributed by atoms with Crippen molar-refractivity contribution in [3.8, 4) is 5.75 Å². The number of hydrogen-bond donors (Lipinski definition) is 1. The van der Waals surface area contributed by atoms with Crippen LogP contribution in [0.15, 0.2) is 84.4 Å². The number of anilines is 1. The van der Waals surface area contributed by atoms with Crippen molar-refractivity contribution in [1.82, 2.24) is 5.32 Å². The first-order valence-corrected chi connectivity index (χ1v) is 10.6. The zero-order chi connectivity index (χ0) is 22.0. The van der Waals surface area contributed by atoms with E-state index >= 15 is 0 Å². The lowest BCUT2D eigenvalue weighted by Gasteiger charge is -2.39. The van der Waals surface area contributed by atoms with Crippen molar-refractivity contribution in [1.29, 1.82) is 0 Å². The SMILES string of the molecule is COc1ccc([C@@H]2NC(=S)N(c3ccccc3)C(c3ccc(Cl)cc3)=C2C(C)=O)cc1. The Bertz CT molecular complexity index is 1140. The minimum Gasteiger partial charge on any atom is -0.497 e. The molecule has 1 N–H and O–H groups in total. The number of hydrogen-bond acceptors (Lipinski definition) is 3. The van der Waals surface area contributed by atoms with E-state index in [1.807, 2.05) is 83.8 Å². The van der Waals surface area contributed by atoms with Crippen molar-refractivity contribution in [2.24, 2.45) is 0 Å². The maximum Gasteiger partial charge on any atom is 0.178 e. The first kappa shape index (κ1) is 21.1. The van der Waals surface area contributed by atoms with Crippen LogP contribution in [-0.4, -0.2) is 18.0 Å². The minimum absolute atomic E-state index is 0.0401. The molecule has 1 aliphatic heterocycles. The number of halogens is 1. The molecule has 0 aromatic heterocycles. The highest BCUT2D eigenvalue weighted by molar-refractivity contribution is 7.80. The third-order valence-corrected chi connectivity index (χ3v) is 5.75. The van der Waals surface area contributed by atoms with Gasteiger partial charge in [-0.25, -0.2) is 0 Å². The van der Waals surface area contributed by atoms with Crippen LogP contribution in [0.1, 0.15) is 24.1 Å². The summed E-state index contributed by atoms with van der Waals surface area (Å²) in [4.78, 5) is 14.9. The minimum atomic E-state index is -0.387. The molecule has 0 bridgehead atoms. The van der Waals surface area contributed by atoms with Crippen LogP contribution in [-0.2, 0) is 4.79 Å². The van der Waals surface area contributed by atoms with Gasteiger partial charge in [0.15, 0.2) is 10.9 Å². The molecular formula is C25H21ClN2O2S. The number of nitrogens with zero attached hydrogens (tertiary/aromatic N) is 1. The molecule has 0 spiro atoms. The lowest BCUT2D eigenvalue weighted by molar-refractivity contribution is -0.113. The summed E-state index contributed by atoms with van der Waals surface area (Å²) in [5, 5.41) is 4.52. The topological polar surface area (TPSA) is 41.6 Å². The second kappa shape index (κ2) is 8.92. The summed E-state index contributed by atoms with van der Waals surface area (Å²) < 4.78 is 5.28. The number of para-hydroxylation sites is 1. The largest absolute Gasteiger partial charge is 0.497 e. The van der Waals surface area contributed by atoms with Crippen LogP contribution in [0.4, 0.5) is 5.69 Å². The molecule has 0 fully saturated rings. The first-order valence-electron chi connectivity index (χ1n) is 9.80. The van der Waals surface area contributed by atoms with E-state index in [1.54, 1.807) is 14.0 Å². The summed E-state index contributed by atoms with van der Waals surface area (Å²) in [5.74, 6) is 0.709. The van der Waals surface area contributed by atoms with E-state index in [0.717, 1.165) is 28.3 Å². The van der Waals surface area contributed by atoms with E-state index in [2.05, 4.69) is 5.32 Å². The van der Waals surface area contributed by atoms with Crippen molar-refractivity contribution in [2.75, 3.05) is 12.0 Å². The molecule has 0 amide bonds. The number of carbonyl (C=O) groups excluding carboxylic acids is 1. The molecule has 0 aliphatic carbocycles. The zero-order valence-electron chi connectivity index (χ0n) is 17.1. The molecule has 6 heteroatoms. The van der Waals surface area contributed by atoms with Gasteiger partial charge in [0, 0.05) is 16.3 Å². The summed E-state index contributed by atoms with van der Waals surface area (Å²) in [5.41, 5.74) is 4.04. The first-order chi connectivity index (χ1) is 15.0. The van der Waals surface area contributed by atoms with Gasteiger partial charge < -0.3 is 10.1 Å². The highest BCUT2D eigenvalue weighted by Gasteiger charge is 2.35. The molecule has 1 atom stereocenters. The zero-order valence-corrected chi connectivity index (χ0v) is 18.7. The van der Waals surface area contributed by atoms with Crippen LogP contribution in [0, 0.1) is 0 Å². The second-order valence-electron chi connectivity index (χ2n) is 7.15. The number of rotatable bonds is 5. The van der Waals surface area contributed by atoms with E-state index in [-0.39, 0.29) is 11.8 Å². The van der Waals surface area contributed by atoms with E-state index in [0.29, 0.717) is 15.7 Å². The molecule has 3 aromatic rings. The van der Waals surface area contributed by atoms with Gasteiger partial charge in [0.25, 0.3) is 0 Å². The highest BCUT2D eigenvalue weighted by Crippen LogP contribution is 2.39. The number of ketones is 1. The molecule has 0 saturated heterocycles. The average molecular weight is 449 g/mol.